The van der Waals surface area contributed by atoms with Crippen molar-refractivity contribution in [2.24, 2.45) is 0 Å². The Hall–Kier alpha value is -2.80. The first-order chi connectivity index (χ1) is 12.0. The van der Waals surface area contributed by atoms with E-state index in [1.807, 2.05) is 6.07 Å². The Labute approximate surface area is 147 Å². The number of amides is 2. The molecule has 2 aromatic rings. The summed E-state index contributed by atoms with van der Waals surface area (Å²) < 4.78 is 0. The number of anilines is 2. The van der Waals surface area contributed by atoms with E-state index in [0.717, 1.165) is 11.8 Å². The van der Waals surface area contributed by atoms with E-state index in [2.05, 4.69) is 5.32 Å². The molecule has 0 aliphatic carbocycles. The molecule has 4 rings (SSSR count). The highest BCUT2D eigenvalue weighted by Gasteiger charge is 2.62. The van der Waals surface area contributed by atoms with Crippen LogP contribution in [-0.2, 0) is 19.3 Å². The third-order valence-electron chi connectivity index (χ3n) is 4.35. The van der Waals surface area contributed by atoms with Crippen LogP contribution in [0.3, 0.4) is 0 Å². The van der Waals surface area contributed by atoms with Gasteiger partial charge in [0.15, 0.2) is 0 Å². The fraction of sp³-hybridized carbons (Fsp3) is 0.167. The van der Waals surface area contributed by atoms with Crippen LogP contribution in [0.1, 0.15) is 12.0 Å². The topological polar surface area (TPSA) is 86.7 Å². The van der Waals surface area contributed by atoms with E-state index in [1.54, 1.807) is 48.5 Å². The number of nitrogens with zero attached hydrogens (tertiary/aromatic N) is 1. The Kier molecular flexibility index (Phi) is 3.54. The molecule has 7 heteroatoms. The molecule has 126 valence electrons. The number of carboxylic acids is 1. The minimum Gasteiger partial charge on any atom is -0.481 e. The lowest BCUT2D eigenvalue weighted by Gasteiger charge is -2.32. The lowest BCUT2D eigenvalue weighted by atomic mass is 10.0. The lowest BCUT2D eigenvalue weighted by Crippen LogP contribution is -2.47. The van der Waals surface area contributed by atoms with Gasteiger partial charge >= 0.3 is 5.97 Å². The molecule has 1 saturated heterocycles. The number of hydrogen-bond donors (Lipinski definition) is 2. The number of nitrogens with one attached hydrogen (secondary N) is 1. The van der Waals surface area contributed by atoms with Crippen molar-refractivity contribution in [1.29, 1.82) is 0 Å². The summed E-state index contributed by atoms with van der Waals surface area (Å²) in [6, 6.07) is 16.1. The minimum atomic E-state index is -1.28. The molecule has 2 heterocycles. The number of rotatable bonds is 3. The second-order valence-electron chi connectivity index (χ2n) is 5.86. The summed E-state index contributed by atoms with van der Waals surface area (Å²) in [7, 11) is 0. The molecule has 2 unspecified atom stereocenters. The highest BCUT2D eigenvalue weighted by atomic mass is 32.2. The van der Waals surface area contributed by atoms with Crippen molar-refractivity contribution >= 4 is 40.9 Å². The van der Waals surface area contributed by atoms with Crippen molar-refractivity contribution in [3.63, 3.8) is 0 Å². The second kappa shape index (κ2) is 5.63. The SMILES string of the molecule is O=C(O)CC1SC2(C(=O)Nc3ccccc32)N(c2ccccc2)C1=O. The van der Waals surface area contributed by atoms with Gasteiger partial charge in [-0.15, -0.1) is 11.8 Å². The van der Waals surface area contributed by atoms with Crippen LogP contribution in [0.4, 0.5) is 11.4 Å². The van der Waals surface area contributed by atoms with E-state index in [-0.39, 0.29) is 18.2 Å². The van der Waals surface area contributed by atoms with Crippen LogP contribution >= 0.6 is 11.8 Å². The third-order valence-corrected chi connectivity index (χ3v) is 5.93. The van der Waals surface area contributed by atoms with Crippen molar-refractivity contribution < 1.29 is 19.5 Å². The summed E-state index contributed by atoms with van der Waals surface area (Å²) in [5, 5.41) is 11.2. The zero-order valence-corrected chi connectivity index (χ0v) is 13.8. The molecule has 2 aromatic carbocycles. The van der Waals surface area contributed by atoms with Crippen molar-refractivity contribution in [1.82, 2.24) is 0 Å². The van der Waals surface area contributed by atoms with E-state index >= 15 is 0 Å². The zero-order chi connectivity index (χ0) is 17.6. The predicted octanol–water partition coefficient (Wildman–Crippen LogP) is 2.41. The largest absolute Gasteiger partial charge is 0.481 e. The average Bonchev–Trinajstić information content (AvgIpc) is 3.04. The maximum Gasteiger partial charge on any atom is 0.305 e. The molecule has 2 amide bonds. The van der Waals surface area contributed by atoms with Crippen molar-refractivity contribution in [3.05, 3.63) is 60.2 Å². The van der Waals surface area contributed by atoms with Gasteiger partial charge in [-0.3, -0.25) is 19.3 Å². The number of thioether (sulfide) groups is 1. The number of fused-ring (bicyclic) bond motifs is 2. The highest BCUT2D eigenvalue weighted by molar-refractivity contribution is 8.03. The summed E-state index contributed by atoms with van der Waals surface area (Å²) in [6.07, 6.45) is -0.329. The van der Waals surface area contributed by atoms with Crippen LogP contribution in [0.25, 0.3) is 0 Å². The molecule has 1 fully saturated rings. The van der Waals surface area contributed by atoms with Gasteiger partial charge in [0, 0.05) is 16.9 Å². The first kappa shape index (κ1) is 15.7. The second-order valence-corrected chi connectivity index (χ2v) is 7.25. The number of aliphatic carboxylic acids is 1. The number of carbonyl (C=O) groups is 3. The molecule has 1 spiro atoms. The highest BCUT2D eigenvalue weighted by Crippen LogP contribution is 2.56. The molecular formula is C18H14N2O4S. The van der Waals surface area contributed by atoms with Crippen molar-refractivity contribution in [2.45, 2.75) is 16.5 Å². The van der Waals surface area contributed by atoms with Crippen LogP contribution in [0.15, 0.2) is 54.6 Å². The van der Waals surface area contributed by atoms with Gasteiger partial charge < -0.3 is 10.4 Å². The fourth-order valence-electron chi connectivity index (χ4n) is 3.34. The van der Waals surface area contributed by atoms with Gasteiger partial charge in [-0.25, -0.2) is 0 Å². The predicted molar refractivity (Wildman–Crippen MR) is 94.3 cm³/mol. The number of hydrogen-bond acceptors (Lipinski definition) is 4. The Balaban J connectivity index is 1.91. The molecular weight excluding hydrogens is 340 g/mol. The van der Waals surface area contributed by atoms with E-state index in [4.69, 9.17) is 5.11 Å². The van der Waals surface area contributed by atoms with Crippen LogP contribution < -0.4 is 10.2 Å². The summed E-state index contributed by atoms with van der Waals surface area (Å²) in [6.45, 7) is 0. The molecule has 0 saturated carbocycles. The van der Waals surface area contributed by atoms with Gasteiger partial charge in [0.05, 0.1) is 11.7 Å². The zero-order valence-electron chi connectivity index (χ0n) is 13.0. The molecule has 0 bridgehead atoms. The first-order valence-corrected chi connectivity index (χ1v) is 8.61. The van der Waals surface area contributed by atoms with Gasteiger partial charge in [0.1, 0.15) is 0 Å². The quantitative estimate of drug-likeness (QED) is 0.884. The minimum absolute atomic E-state index is 0.329. The maximum atomic E-state index is 13.0. The molecule has 2 atom stereocenters. The number of carboxylic acid groups (broad SMARTS) is 1. The fourth-order valence-corrected chi connectivity index (χ4v) is 4.95. The third kappa shape index (κ3) is 2.23. The summed E-state index contributed by atoms with van der Waals surface area (Å²) in [4.78, 5) is 37.3. The monoisotopic (exact) mass is 354 g/mol. The van der Waals surface area contributed by atoms with Crippen molar-refractivity contribution in [3.8, 4) is 0 Å². The molecule has 2 aliphatic rings. The molecule has 0 radical (unpaired) electrons. The molecule has 0 aromatic heterocycles. The number of benzene rings is 2. The number of carbonyl (C=O) groups excluding carboxylic acids is 2. The summed E-state index contributed by atoms with van der Waals surface area (Å²) in [5.41, 5.74) is 1.89. The summed E-state index contributed by atoms with van der Waals surface area (Å²) in [5.74, 6) is -1.77. The van der Waals surface area contributed by atoms with Gasteiger partial charge in [-0.1, -0.05) is 36.4 Å². The Morgan fingerprint density at radius 1 is 1.12 bits per heavy atom. The smallest absolute Gasteiger partial charge is 0.305 e. The van der Waals surface area contributed by atoms with E-state index < -0.39 is 16.1 Å². The van der Waals surface area contributed by atoms with Crippen LogP contribution in [0, 0.1) is 0 Å². The average molecular weight is 354 g/mol. The standard InChI is InChI=1S/C18H14N2O4S/c21-15(22)10-14-16(23)20(11-6-2-1-3-7-11)18(25-14)12-8-4-5-9-13(12)19-17(18)24/h1-9,14H,10H2,(H,19,24)(H,21,22). The molecule has 25 heavy (non-hydrogen) atoms. The van der Waals surface area contributed by atoms with Gasteiger partial charge in [-0.2, -0.15) is 0 Å². The van der Waals surface area contributed by atoms with Gasteiger partial charge in [0.25, 0.3) is 5.91 Å². The van der Waals surface area contributed by atoms with E-state index in [0.29, 0.717) is 16.9 Å². The van der Waals surface area contributed by atoms with Crippen LogP contribution in [-0.4, -0.2) is 28.1 Å². The van der Waals surface area contributed by atoms with Crippen molar-refractivity contribution in [2.75, 3.05) is 10.2 Å². The maximum absolute atomic E-state index is 13.0. The number of para-hydroxylation sites is 2. The normalized spacial score (nSPS) is 24.5. The summed E-state index contributed by atoms with van der Waals surface area (Å²) >= 11 is 1.09. The van der Waals surface area contributed by atoms with Crippen LogP contribution in [0.2, 0.25) is 0 Å². The molecule has 2 N–H and O–H groups in total. The van der Waals surface area contributed by atoms with Gasteiger partial charge in [0.2, 0.25) is 10.8 Å². The van der Waals surface area contributed by atoms with Gasteiger partial charge in [-0.05, 0) is 18.2 Å². The van der Waals surface area contributed by atoms with Crippen LogP contribution in [0.5, 0.6) is 0 Å². The Morgan fingerprint density at radius 2 is 1.80 bits per heavy atom. The molecule has 6 nitrogen and oxygen atoms in total. The van der Waals surface area contributed by atoms with E-state index in [9.17, 15) is 14.4 Å². The Bertz CT molecular complexity index is 886. The first-order valence-electron chi connectivity index (χ1n) is 7.74. The lowest BCUT2D eigenvalue weighted by molar-refractivity contribution is -0.138. The van der Waals surface area contributed by atoms with E-state index in [1.165, 1.54) is 4.90 Å². The molecule has 2 aliphatic heterocycles. The Morgan fingerprint density at radius 3 is 2.52 bits per heavy atom.